The molecule has 0 aromatic rings. The van der Waals surface area contributed by atoms with Crippen LogP contribution >= 0.6 is 7.82 Å². The van der Waals surface area contributed by atoms with Gasteiger partial charge in [-0.05, 0) is 0 Å². The Morgan fingerprint density at radius 1 is 1.54 bits per heavy atom. The van der Waals surface area contributed by atoms with Crippen LogP contribution in [0.5, 0.6) is 0 Å². The van der Waals surface area contributed by atoms with Crippen molar-refractivity contribution in [2.45, 2.75) is 6.10 Å². The second-order valence-corrected chi connectivity index (χ2v) is 3.04. The molecule has 13 heavy (non-hydrogen) atoms. The van der Waals surface area contributed by atoms with Gasteiger partial charge in [0.1, 0.15) is 12.7 Å². The molecule has 0 amide bonds. The van der Waals surface area contributed by atoms with Crippen molar-refractivity contribution in [2.24, 2.45) is 0 Å². The Kier molecular flexibility index (Phi) is 9.69. The second kappa shape index (κ2) is 7.55. The van der Waals surface area contributed by atoms with Gasteiger partial charge < -0.3 is 29.1 Å². The Balaban J connectivity index is 0. The zero-order chi connectivity index (χ0) is 9.78. The summed E-state index contributed by atoms with van der Waals surface area (Å²) in [6, 6.07) is 0. The van der Waals surface area contributed by atoms with Crippen molar-refractivity contribution in [3.8, 4) is 0 Å². The molecule has 0 fully saturated rings. The molecule has 0 aliphatic carbocycles. The van der Waals surface area contributed by atoms with E-state index in [9.17, 15) is 19.1 Å². The molecule has 0 spiro atoms. The third-order valence-corrected chi connectivity index (χ3v) is 1.38. The van der Waals surface area contributed by atoms with E-state index in [4.69, 9.17) is 10.2 Å². The fraction of sp³-hybridized carbons (Fsp3) is 0.750. The van der Waals surface area contributed by atoms with Gasteiger partial charge in [-0.2, -0.15) is 0 Å². The summed E-state index contributed by atoms with van der Waals surface area (Å²) < 4.78 is 13.4. The first-order valence-corrected chi connectivity index (χ1v) is 4.31. The van der Waals surface area contributed by atoms with Crippen LogP contribution in [-0.4, -0.2) is 84.2 Å². The summed E-state index contributed by atoms with van der Waals surface area (Å²) in [6.45, 7) is -1.89. The zero-order valence-electron chi connectivity index (χ0n) is 6.58. The van der Waals surface area contributed by atoms with Crippen LogP contribution in [0.3, 0.4) is 0 Å². The molecule has 0 saturated carbocycles. The molecule has 0 bridgehead atoms. The van der Waals surface area contributed by atoms with Crippen molar-refractivity contribution >= 4 is 62.5 Å². The maximum atomic E-state index is 10.4. The SMILES string of the molecule is O=C(CO)[C@H](O)COP(=O)([O-])[O-].[Ba+2]. The fourth-order valence-electron chi connectivity index (χ4n) is 0.360. The summed E-state index contributed by atoms with van der Waals surface area (Å²) >= 11 is 0. The van der Waals surface area contributed by atoms with Crippen LogP contribution in [0.25, 0.3) is 0 Å². The van der Waals surface area contributed by atoms with E-state index >= 15 is 0 Å². The minimum Gasteiger partial charge on any atom is -0.790 e. The van der Waals surface area contributed by atoms with E-state index in [1.54, 1.807) is 0 Å². The Bertz CT molecular complexity index is 201. The van der Waals surface area contributed by atoms with E-state index in [-0.39, 0.29) is 48.9 Å². The van der Waals surface area contributed by atoms with Crippen molar-refractivity contribution in [2.75, 3.05) is 13.2 Å². The van der Waals surface area contributed by atoms with Crippen LogP contribution in [-0.2, 0) is 13.9 Å². The first-order valence-electron chi connectivity index (χ1n) is 2.85. The number of phosphoric ester groups is 1. The van der Waals surface area contributed by atoms with E-state index in [0.717, 1.165) is 0 Å². The molecule has 0 aliphatic rings. The van der Waals surface area contributed by atoms with Crippen molar-refractivity contribution in [3.63, 3.8) is 0 Å². The number of carbonyl (C=O) groups is 1. The van der Waals surface area contributed by atoms with E-state index < -0.39 is 32.9 Å². The largest absolute Gasteiger partial charge is 2.00 e. The average molecular weight is 335 g/mol. The molecule has 0 aromatic heterocycles. The second-order valence-electron chi connectivity index (χ2n) is 1.88. The van der Waals surface area contributed by atoms with Crippen LogP contribution in [0.4, 0.5) is 0 Å². The van der Waals surface area contributed by atoms with E-state index in [1.165, 1.54) is 0 Å². The number of ketones is 1. The summed E-state index contributed by atoms with van der Waals surface area (Å²) in [5.74, 6) is -1.01. The van der Waals surface area contributed by atoms with Crippen LogP contribution < -0.4 is 9.79 Å². The molecule has 9 heteroatoms. The molecule has 0 aliphatic heterocycles. The summed E-state index contributed by atoms with van der Waals surface area (Å²) in [4.78, 5) is 30.0. The summed E-state index contributed by atoms with van der Waals surface area (Å²) in [6.07, 6.45) is -1.79. The Morgan fingerprint density at radius 3 is 2.31 bits per heavy atom. The number of hydrogen-bond donors (Lipinski definition) is 2. The molecule has 72 valence electrons. The third-order valence-electron chi connectivity index (χ3n) is 0.918. The normalized spacial score (nSPS) is 13.2. The van der Waals surface area contributed by atoms with E-state index in [2.05, 4.69) is 4.52 Å². The molecule has 2 N–H and O–H groups in total. The Hall–Kier alpha value is 1.27. The number of aliphatic hydroxyl groups is 2. The van der Waals surface area contributed by atoms with Gasteiger partial charge in [-0.3, -0.25) is 4.79 Å². The molecular formula is C4H7BaO7P. The van der Waals surface area contributed by atoms with Gasteiger partial charge in [-0.25, -0.2) is 0 Å². The standard InChI is InChI=1S/C4H9O7P.Ba/c5-1-3(6)4(7)2-11-12(8,9)10;/h4-5,7H,1-2H2,(H2,8,9,10);/q;+2/p-2/t4-;/m1./s1. The van der Waals surface area contributed by atoms with Crippen LogP contribution in [0.2, 0.25) is 0 Å². The first-order chi connectivity index (χ1) is 5.37. The van der Waals surface area contributed by atoms with E-state index in [0.29, 0.717) is 0 Å². The number of rotatable bonds is 5. The topological polar surface area (TPSA) is 130 Å². The van der Waals surface area contributed by atoms with Gasteiger partial charge in [0.15, 0.2) is 5.78 Å². The van der Waals surface area contributed by atoms with Crippen molar-refractivity contribution in [1.29, 1.82) is 0 Å². The molecule has 0 saturated heterocycles. The predicted molar refractivity (Wildman–Crippen MR) is 37.4 cm³/mol. The Morgan fingerprint density at radius 2 is 2.00 bits per heavy atom. The van der Waals surface area contributed by atoms with Crippen LogP contribution in [0, 0.1) is 0 Å². The summed E-state index contributed by atoms with van der Waals surface area (Å²) in [5, 5.41) is 16.8. The average Bonchev–Trinajstić information content (AvgIpc) is 1.97. The van der Waals surface area contributed by atoms with Crippen LogP contribution in [0.15, 0.2) is 0 Å². The maximum absolute atomic E-state index is 10.4. The van der Waals surface area contributed by atoms with Gasteiger partial charge in [-0.15, -0.1) is 0 Å². The maximum Gasteiger partial charge on any atom is 2.00 e. The number of carbonyl (C=O) groups excluding carboxylic acids is 1. The number of aliphatic hydroxyl groups excluding tert-OH is 2. The van der Waals surface area contributed by atoms with Gasteiger partial charge in [0.2, 0.25) is 0 Å². The monoisotopic (exact) mass is 336 g/mol. The minimum atomic E-state index is -5.16. The summed E-state index contributed by atoms with van der Waals surface area (Å²) in [7, 11) is -5.16. The third kappa shape index (κ3) is 9.57. The number of Topliss-reactive ketones (excluding diaryl/α,β-unsaturated/α-hetero) is 1. The van der Waals surface area contributed by atoms with Gasteiger partial charge in [0.25, 0.3) is 0 Å². The van der Waals surface area contributed by atoms with Gasteiger partial charge >= 0.3 is 48.9 Å². The minimum absolute atomic E-state index is 0. The smallest absolute Gasteiger partial charge is 0.790 e. The summed E-state index contributed by atoms with van der Waals surface area (Å²) in [5.41, 5.74) is 0. The predicted octanol–water partition coefficient (Wildman–Crippen LogP) is -3.63. The van der Waals surface area contributed by atoms with Crippen LogP contribution in [0.1, 0.15) is 0 Å². The fourth-order valence-corrected chi connectivity index (χ4v) is 0.684. The molecule has 0 rings (SSSR count). The first kappa shape index (κ1) is 16.7. The quantitative estimate of drug-likeness (QED) is 0.392. The molecule has 0 unspecified atom stereocenters. The zero-order valence-corrected chi connectivity index (χ0v) is 11.9. The van der Waals surface area contributed by atoms with E-state index in [1.807, 2.05) is 0 Å². The number of hydrogen-bond acceptors (Lipinski definition) is 7. The molecular weight excluding hydrogens is 328 g/mol. The van der Waals surface area contributed by atoms with Crippen molar-refractivity contribution in [3.05, 3.63) is 0 Å². The van der Waals surface area contributed by atoms with Gasteiger partial charge in [-0.1, -0.05) is 0 Å². The number of phosphoric acid groups is 1. The van der Waals surface area contributed by atoms with Gasteiger partial charge in [0, 0.05) is 0 Å². The molecule has 1 atom stereocenters. The van der Waals surface area contributed by atoms with Crippen molar-refractivity contribution < 1.29 is 33.9 Å². The molecule has 0 aromatic carbocycles. The molecule has 0 heterocycles. The van der Waals surface area contributed by atoms with Gasteiger partial charge in [0.05, 0.1) is 14.4 Å². The molecule has 7 nitrogen and oxygen atoms in total. The Labute approximate surface area is 114 Å². The molecule has 0 radical (unpaired) electrons. The van der Waals surface area contributed by atoms with Crippen molar-refractivity contribution in [1.82, 2.24) is 0 Å².